The third-order valence-electron chi connectivity index (χ3n) is 4.85. The summed E-state index contributed by atoms with van der Waals surface area (Å²) < 4.78 is 5.47. The fourth-order valence-corrected chi connectivity index (χ4v) is 4.66. The Labute approximate surface area is 154 Å². The summed E-state index contributed by atoms with van der Waals surface area (Å²) in [6, 6.07) is 8.45. The number of ether oxygens (including phenoxy) is 1. The zero-order valence-corrected chi connectivity index (χ0v) is 15.8. The predicted octanol–water partition coefficient (Wildman–Crippen LogP) is 1.31. The SMILES string of the molecule is CN=C(NCC1(O)CCSC1)NC1CCN(c2ccccc2OC)C1. The Kier molecular flexibility index (Phi) is 5.96. The molecule has 2 aliphatic heterocycles. The first-order chi connectivity index (χ1) is 12.1. The Hall–Kier alpha value is -1.60. The number of hydrogen-bond acceptors (Lipinski definition) is 5. The first-order valence-electron chi connectivity index (χ1n) is 8.79. The highest BCUT2D eigenvalue weighted by Gasteiger charge is 2.32. The van der Waals surface area contributed by atoms with Crippen molar-refractivity contribution in [1.29, 1.82) is 0 Å². The lowest BCUT2D eigenvalue weighted by Gasteiger charge is -2.25. The van der Waals surface area contributed by atoms with E-state index in [0.717, 1.165) is 54.8 Å². The molecule has 25 heavy (non-hydrogen) atoms. The number of anilines is 1. The maximum absolute atomic E-state index is 10.5. The van der Waals surface area contributed by atoms with Crippen molar-refractivity contribution in [2.24, 2.45) is 4.99 Å². The molecule has 3 N–H and O–H groups in total. The van der Waals surface area contributed by atoms with Crippen LogP contribution in [-0.4, -0.2) is 68.0 Å². The molecule has 2 fully saturated rings. The Morgan fingerprint density at radius 1 is 1.48 bits per heavy atom. The summed E-state index contributed by atoms with van der Waals surface area (Å²) in [6.45, 7) is 2.43. The number of nitrogens with one attached hydrogen (secondary N) is 2. The standard InChI is InChI=1S/C18H28N4O2S/c1-19-17(20-12-18(23)8-10-25-13-18)21-14-7-9-22(11-14)15-5-3-4-6-16(15)24-2/h3-6,14,23H,7-13H2,1-2H3,(H2,19,20,21). The molecular weight excluding hydrogens is 336 g/mol. The summed E-state index contributed by atoms with van der Waals surface area (Å²) in [4.78, 5) is 6.65. The molecule has 0 aliphatic carbocycles. The van der Waals surface area contributed by atoms with Crippen LogP contribution >= 0.6 is 11.8 Å². The van der Waals surface area contributed by atoms with E-state index in [1.54, 1.807) is 25.9 Å². The van der Waals surface area contributed by atoms with Crippen LogP contribution in [0.1, 0.15) is 12.8 Å². The van der Waals surface area contributed by atoms with Crippen LogP contribution in [0.2, 0.25) is 0 Å². The van der Waals surface area contributed by atoms with Gasteiger partial charge >= 0.3 is 0 Å². The first kappa shape index (κ1) is 18.2. The van der Waals surface area contributed by atoms with Gasteiger partial charge < -0.3 is 25.4 Å². The highest BCUT2D eigenvalue weighted by atomic mass is 32.2. The summed E-state index contributed by atoms with van der Waals surface area (Å²) in [5, 5.41) is 17.2. The third kappa shape index (κ3) is 4.52. The lowest BCUT2D eigenvalue weighted by Crippen LogP contribution is -2.50. The molecule has 1 aromatic carbocycles. The van der Waals surface area contributed by atoms with Crippen molar-refractivity contribution in [3.63, 3.8) is 0 Å². The second-order valence-electron chi connectivity index (χ2n) is 6.70. The van der Waals surface area contributed by atoms with Gasteiger partial charge in [-0.3, -0.25) is 4.99 Å². The largest absolute Gasteiger partial charge is 0.495 e. The van der Waals surface area contributed by atoms with Crippen LogP contribution in [-0.2, 0) is 0 Å². The monoisotopic (exact) mass is 364 g/mol. The number of para-hydroxylation sites is 2. The normalized spacial score (nSPS) is 26.8. The van der Waals surface area contributed by atoms with Gasteiger partial charge in [0, 0.05) is 38.5 Å². The lowest BCUT2D eigenvalue weighted by atomic mass is 10.0. The van der Waals surface area contributed by atoms with Gasteiger partial charge in [0.15, 0.2) is 5.96 Å². The van der Waals surface area contributed by atoms with E-state index in [-0.39, 0.29) is 0 Å². The molecule has 2 heterocycles. The van der Waals surface area contributed by atoms with Gasteiger partial charge in [0.1, 0.15) is 5.75 Å². The fraction of sp³-hybridized carbons (Fsp3) is 0.611. The molecule has 3 rings (SSSR count). The van der Waals surface area contributed by atoms with E-state index in [4.69, 9.17) is 4.74 Å². The molecule has 0 amide bonds. The van der Waals surface area contributed by atoms with E-state index in [2.05, 4.69) is 26.6 Å². The van der Waals surface area contributed by atoms with Gasteiger partial charge in [-0.15, -0.1) is 0 Å². The van der Waals surface area contributed by atoms with Crippen LogP contribution in [0.4, 0.5) is 5.69 Å². The van der Waals surface area contributed by atoms with Crippen molar-refractivity contribution in [3.8, 4) is 5.75 Å². The topological polar surface area (TPSA) is 69.1 Å². The second kappa shape index (κ2) is 8.19. The van der Waals surface area contributed by atoms with Crippen molar-refractivity contribution in [3.05, 3.63) is 24.3 Å². The summed E-state index contributed by atoms with van der Waals surface area (Å²) in [6.07, 6.45) is 1.88. The number of guanidine groups is 1. The Balaban J connectivity index is 1.53. The van der Waals surface area contributed by atoms with Crippen LogP contribution in [0, 0.1) is 0 Å². The van der Waals surface area contributed by atoms with Crippen LogP contribution < -0.4 is 20.3 Å². The maximum atomic E-state index is 10.5. The highest BCUT2D eigenvalue weighted by molar-refractivity contribution is 7.99. The number of hydrogen-bond donors (Lipinski definition) is 3. The lowest BCUT2D eigenvalue weighted by molar-refractivity contribution is 0.0724. The molecule has 2 aliphatic rings. The van der Waals surface area contributed by atoms with Crippen molar-refractivity contribution in [1.82, 2.24) is 10.6 Å². The average Bonchev–Trinajstić information content (AvgIpc) is 3.28. The van der Waals surface area contributed by atoms with Gasteiger partial charge in [0.05, 0.1) is 18.4 Å². The molecule has 2 saturated heterocycles. The van der Waals surface area contributed by atoms with Crippen molar-refractivity contribution in [2.75, 3.05) is 50.2 Å². The van der Waals surface area contributed by atoms with Gasteiger partial charge in [0.2, 0.25) is 0 Å². The number of rotatable bonds is 5. The molecular formula is C18H28N4O2S. The smallest absolute Gasteiger partial charge is 0.191 e. The molecule has 0 spiro atoms. The molecule has 2 unspecified atom stereocenters. The number of aliphatic hydroxyl groups is 1. The zero-order chi connectivity index (χ0) is 17.7. The summed E-state index contributed by atoms with van der Waals surface area (Å²) in [5.41, 5.74) is 0.524. The van der Waals surface area contributed by atoms with Gasteiger partial charge in [0.25, 0.3) is 0 Å². The third-order valence-corrected chi connectivity index (χ3v) is 6.08. The Morgan fingerprint density at radius 2 is 2.32 bits per heavy atom. The summed E-state index contributed by atoms with van der Waals surface area (Å²) in [5.74, 6) is 3.49. The van der Waals surface area contributed by atoms with E-state index >= 15 is 0 Å². The molecule has 6 nitrogen and oxygen atoms in total. The molecule has 7 heteroatoms. The van der Waals surface area contributed by atoms with Crippen LogP contribution in [0.5, 0.6) is 5.75 Å². The van der Waals surface area contributed by atoms with Crippen molar-refractivity contribution in [2.45, 2.75) is 24.5 Å². The van der Waals surface area contributed by atoms with E-state index in [9.17, 15) is 5.11 Å². The molecule has 1 aromatic rings. The summed E-state index contributed by atoms with van der Waals surface area (Å²) >= 11 is 1.81. The van der Waals surface area contributed by atoms with E-state index < -0.39 is 5.60 Å². The number of nitrogens with zero attached hydrogens (tertiary/aromatic N) is 2. The average molecular weight is 365 g/mol. The summed E-state index contributed by atoms with van der Waals surface area (Å²) in [7, 11) is 3.48. The molecule has 0 aromatic heterocycles. The van der Waals surface area contributed by atoms with Crippen molar-refractivity contribution >= 4 is 23.4 Å². The van der Waals surface area contributed by atoms with Gasteiger partial charge in [-0.25, -0.2) is 0 Å². The molecule has 0 bridgehead atoms. The second-order valence-corrected chi connectivity index (χ2v) is 7.81. The first-order valence-corrected chi connectivity index (χ1v) is 9.94. The van der Waals surface area contributed by atoms with Crippen LogP contribution in [0.25, 0.3) is 0 Å². The minimum Gasteiger partial charge on any atom is -0.495 e. The zero-order valence-electron chi connectivity index (χ0n) is 15.0. The Bertz CT molecular complexity index is 604. The van der Waals surface area contributed by atoms with E-state index in [1.807, 2.05) is 18.2 Å². The minimum atomic E-state index is -0.610. The van der Waals surface area contributed by atoms with Gasteiger partial charge in [-0.1, -0.05) is 12.1 Å². The highest BCUT2D eigenvalue weighted by Crippen LogP contribution is 2.30. The van der Waals surface area contributed by atoms with E-state index in [0.29, 0.717) is 12.6 Å². The molecule has 0 saturated carbocycles. The number of benzene rings is 1. The number of methoxy groups -OCH3 is 1. The van der Waals surface area contributed by atoms with Crippen molar-refractivity contribution < 1.29 is 9.84 Å². The Morgan fingerprint density at radius 3 is 3.04 bits per heavy atom. The quantitative estimate of drug-likeness (QED) is 0.541. The van der Waals surface area contributed by atoms with Crippen LogP contribution in [0.3, 0.4) is 0 Å². The minimum absolute atomic E-state index is 0.323. The van der Waals surface area contributed by atoms with Crippen LogP contribution in [0.15, 0.2) is 29.3 Å². The number of aliphatic imine (C=N–C) groups is 1. The van der Waals surface area contributed by atoms with Gasteiger partial charge in [-0.2, -0.15) is 11.8 Å². The molecule has 0 radical (unpaired) electrons. The predicted molar refractivity (Wildman–Crippen MR) is 105 cm³/mol. The molecule has 138 valence electrons. The number of thioether (sulfide) groups is 1. The maximum Gasteiger partial charge on any atom is 0.191 e. The van der Waals surface area contributed by atoms with E-state index in [1.165, 1.54) is 0 Å². The van der Waals surface area contributed by atoms with Gasteiger partial charge in [-0.05, 0) is 30.7 Å². The fourth-order valence-electron chi connectivity index (χ4n) is 3.36. The molecule has 2 atom stereocenters.